The number of rotatable bonds is 6. The lowest BCUT2D eigenvalue weighted by Crippen LogP contribution is -2.28. The number of carboxylic acid groups (broad SMARTS) is 1. The number of para-hydroxylation sites is 1. The third-order valence-electron chi connectivity index (χ3n) is 3.73. The molecule has 2 rings (SSSR count). The summed E-state index contributed by atoms with van der Waals surface area (Å²) in [6.45, 7) is 7.75. The van der Waals surface area contributed by atoms with Gasteiger partial charge in [0.15, 0.2) is 0 Å². The summed E-state index contributed by atoms with van der Waals surface area (Å²) in [5, 5.41) is 13.3. The minimum Gasteiger partial charge on any atom is -0.478 e. The second-order valence-corrected chi connectivity index (χ2v) is 5.82. The monoisotopic (exact) mass is 275 g/mol. The molecule has 0 aliphatic rings. The minimum absolute atomic E-state index is 0.190. The highest BCUT2D eigenvalue weighted by Crippen LogP contribution is 2.26. The van der Waals surface area contributed by atoms with Gasteiger partial charge in [-0.15, -0.1) is 0 Å². The van der Waals surface area contributed by atoms with Gasteiger partial charge in [-0.3, -0.25) is 0 Å². The Labute approximate surface area is 118 Å². The third kappa shape index (κ3) is 3.02. The SMILES string of the molecule is CCC(C)(C)CNCc1oc2ccccc2c1C(=O)O. The van der Waals surface area contributed by atoms with Gasteiger partial charge in [-0.05, 0) is 17.9 Å². The first kappa shape index (κ1) is 14.6. The van der Waals surface area contributed by atoms with Crippen molar-refractivity contribution in [1.82, 2.24) is 5.32 Å². The van der Waals surface area contributed by atoms with Crippen LogP contribution in [0.4, 0.5) is 0 Å². The van der Waals surface area contributed by atoms with Gasteiger partial charge >= 0.3 is 5.97 Å². The third-order valence-corrected chi connectivity index (χ3v) is 3.73. The van der Waals surface area contributed by atoms with Crippen LogP contribution in [0.2, 0.25) is 0 Å². The summed E-state index contributed by atoms with van der Waals surface area (Å²) in [6, 6.07) is 7.24. The predicted molar refractivity (Wildman–Crippen MR) is 79.0 cm³/mol. The van der Waals surface area contributed by atoms with Crippen LogP contribution in [-0.2, 0) is 6.54 Å². The van der Waals surface area contributed by atoms with E-state index in [0.717, 1.165) is 13.0 Å². The molecular weight excluding hydrogens is 254 g/mol. The van der Waals surface area contributed by atoms with Gasteiger partial charge in [0.25, 0.3) is 0 Å². The lowest BCUT2D eigenvalue weighted by Gasteiger charge is -2.22. The molecule has 0 aliphatic carbocycles. The van der Waals surface area contributed by atoms with E-state index in [2.05, 4.69) is 26.1 Å². The van der Waals surface area contributed by atoms with E-state index >= 15 is 0 Å². The number of hydrogen-bond donors (Lipinski definition) is 2. The Balaban J connectivity index is 2.21. The zero-order valence-electron chi connectivity index (χ0n) is 12.2. The summed E-state index contributed by atoms with van der Waals surface area (Å²) in [6.07, 6.45) is 1.06. The molecule has 0 bridgehead atoms. The molecule has 0 unspecified atom stereocenters. The summed E-state index contributed by atoms with van der Waals surface area (Å²) < 4.78 is 5.67. The fourth-order valence-corrected chi connectivity index (χ4v) is 2.09. The van der Waals surface area contributed by atoms with E-state index in [-0.39, 0.29) is 11.0 Å². The maximum absolute atomic E-state index is 11.4. The van der Waals surface area contributed by atoms with Gasteiger partial charge in [0.05, 0.1) is 6.54 Å². The molecule has 1 heterocycles. The van der Waals surface area contributed by atoms with Gasteiger partial charge in [-0.2, -0.15) is 0 Å². The standard InChI is InChI=1S/C16H21NO3/c1-4-16(2,3)10-17-9-13-14(15(18)19)11-7-5-6-8-12(11)20-13/h5-8,17H,4,9-10H2,1-3H3,(H,18,19). The molecule has 0 spiro atoms. The van der Waals surface area contributed by atoms with Crippen molar-refractivity contribution in [1.29, 1.82) is 0 Å². The molecule has 1 aromatic heterocycles. The van der Waals surface area contributed by atoms with Crippen LogP contribution >= 0.6 is 0 Å². The molecule has 4 heteroatoms. The van der Waals surface area contributed by atoms with Crippen LogP contribution in [0.25, 0.3) is 11.0 Å². The molecule has 1 aromatic carbocycles. The molecule has 0 fully saturated rings. The van der Waals surface area contributed by atoms with Crippen LogP contribution in [-0.4, -0.2) is 17.6 Å². The summed E-state index contributed by atoms with van der Waals surface area (Å²) in [7, 11) is 0. The zero-order chi connectivity index (χ0) is 14.8. The molecule has 2 N–H and O–H groups in total. The molecule has 0 amide bonds. The van der Waals surface area contributed by atoms with Gasteiger partial charge < -0.3 is 14.8 Å². The number of furan rings is 1. The Morgan fingerprint density at radius 1 is 1.35 bits per heavy atom. The molecule has 4 nitrogen and oxygen atoms in total. The second-order valence-electron chi connectivity index (χ2n) is 5.82. The van der Waals surface area contributed by atoms with E-state index in [0.29, 0.717) is 23.3 Å². The van der Waals surface area contributed by atoms with Gasteiger partial charge in [0.2, 0.25) is 0 Å². The van der Waals surface area contributed by atoms with Crippen LogP contribution in [0.15, 0.2) is 28.7 Å². The number of hydrogen-bond acceptors (Lipinski definition) is 3. The molecule has 0 saturated heterocycles. The van der Waals surface area contributed by atoms with Crippen molar-refractivity contribution in [2.75, 3.05) is 6.54 Å². The van der Waals surface area contributed by atoms with Crippen molar-refractivity contribution in [3.8, 4) is 0 Å². The topological polar surface area (TPSA) is 62.5 Å². The first-order valence-corrected chi connectivity index (χ1v) is 6.89. The van der Waals surface area contributed by atoms with E-state index in [4.69, 9.17) is 4.42 Å². The van der Waals surface area contributed by atoms with Crippen LogP contribution < -0.4 is 5.32 Å². The van der Waals surface area contributed by atoms with Gasteiger partial charge in [-0.1, -0.05) is 39.0 Å². The molecule has 108 valence electrons. The molecular formula is C16H21NO3. The Hall–Kier alpha value is -1.81. The quantitative estimate of drug-likeness (QED) is 0.844. The highest BCUT2D eigenvalue weighted by atomic mass is 16.4. The number of carboxylic acids is 1. The van der Waals surface area contributed by atoms with Crippen molar-refractivity contribution in [2.45, 2.75) is 33.7 Å². The molecule has 20 heavy (non-hydrogen) atoms. The predicted octanol–water partition coefficient (Wildman–Crippen LogP) is 3.66. The molecule has 2 aromatic rings. The van der Waals surface area contributed by atoms with Crippen molar-refractivity contribution < 1.29 is 14.3 Å². The number of benzene rings is 1. The molecule has 0 atom stereocenters. The number of fused-ring (bicyclic) bond motifs is 1. The van der Waals surface area contributed by atoms with Gasteiger partial charge in [0.1, 0.15) is 16.9 Å². The maximum atomic E-state index is 11.4. The molecule has 0 saturated carbocycles. The number of carbonyl (C=O) groups is 1. The van der Waals surface area contributed by atoms with Crippen LogP contribution in [0.1, 0.15) is 43.3 Å². The maximum Gasteiger partial charge on any atom is 0.339 e. The van der Waals surface area contributed by atoms with Crippen LogP contribution in [0, 0.1) is 5.41 Å². The minimum atomic E-state index is -0.943. The fraction of sp³-hybridized carbons (Fsp3) is 0.438. The smallest absolute Gasteiger partial charge is 0.339 e. The van der Waals surface area contributed by atoms with E-state index in [1.807, 2.05) is 12.1 Å². The Morgan fingerprint density at radius 2 is 2.05 bits per heavy atom. The van der Waals surface area contributed by atoms with E-state index < -0.39 is 5.97 Å². The average Bonchev–Trinajstić information content (AvgIpc) is 2.76. The number of aromatic carboxylic acids is 1. The Kier molecular flexibility index (Phi) is 4.14. The van der Waals surface area contributed by atoms with Gasteiger partial charge in [-0.25, -0.2) is 4.79 Å². The first-order valence-electron chi connectivity index (χ1n) is 6.89. The number of nitrogens with one attached hydrogen (secondary N) is 1. The average molecular weight is 275 g/mol. The summed E-state index contributed by atoms with van der Waals surface area (Å²) in [5.41, 5.74) is 1.08. The van der Waals surface area contributed by atoms with E-state index in [9.17, 15) is 9.90 Å². The van der Waals surface area contributed by atoms with E-state index in [1.54, 1.807) is 12.1 Å². The molecule has 0 radical (unpaired) electrons. The second kappa shape index (κ2) is 5.67. The summed E-state index contributed by atoms with van der Waals surface area (Å²) >= 11 is 0. The molecule has 0 aliphatic heterocycles. The Morgan fingerprint density at radius 3 is 2.70 bits per heavy atom. The Bertz CT molecular complexity index is 613. The summed E-state index contributed by atoms with van der Waals surface area (Å²) in [4.78, 5) is 11.4. The lowest BCUT2D eigenvalue weighted by atomic mass is 9.90. The first-order chi connectivity index (χ1) is 9.44. The largest absolute Gasteiger partial charge is 0.478 e. The van der Waals surface area contributed by atoms with Crippen molar-refractivity contribution in [2.24, 2.45) is 5.41 Å². The van der Waals surface area contributed by atoms with Crippen molar-refractivity contribution in [3.63, 3.8) is 0 Å². The summed E-state index contributed by atoms with van der Waals surface area (Å²) in [5.74, 6) is -0.452. The van der Waals surface area contributed by atoms with Crippen LogP contribution in [0.5, 0.6) is 0 Å². The highest BCUT2D eigenvalue weighted by molar-refractivity contribution is 6.03. The highest BCUT2D eigenvalue weighted by Gasteiger charge is 2.20. The van der Waals surface area contributed by atoms with E-state index in [1.165, 1.54) is 0 Å². The van der Waals surface area contributed by atoms with Crippen LogP contribution in [0.3, 0.4) is 0 Å². The normalized spacial score (nSPS) is 11.9. The van der Waals surface area contributed by atoms with Gasteiger partial charge in [0, 0.05) is 11.9 Å². The lowest BCUT2D eigenvalue weighted by molar-refractivity contribution is 0.0696. The van der Waals surface area contributed by atoms with Crippen molar-refractivity contribution in [3.05, 3.63) is 35.6 Å². The zero-order valence-corrected chi connectivity index (χ0v) is 12.2. The van der Waals surface area contributed by atoms with Crippen molar-refractivity contribution >= 4 is 16.9 Å². The fourth-order valence-electron chi connectivity index (χ4n) is 2.09.